The Balaban J connectivity index is 2.89. The van der Waals surface area contributed by atoms with Crippen LogP contribution in [0.15, 0.2) is 18.2 Å². The lowest BCUT2D eigenvalue weighted by Crippen LogP contribution is -2.05. The first-order valence-electron chi connectivity index (χ1n) is 3.94. The molecule has 0 fully saturated rings. The number of aliphatic carboxylic acids is 1. The van der Waals surface area contributed by atoms with E-state index in [4.69, 9.17) is 5.11 Å². The number of benzene rings is 1. The van der Waals surface area contributed by atoms with Gasteiger partial charge in [-0.15, -0.1) is 0 Å². The monoisotopic (exact) mass is 220 g/mol. The van der Waals surface area contributed by atoms with Crippen LogP contribution in [0.5, 0.6) is 5.75 Å². The molecule has 0 heterocycles. The highest BCUT2D eigenvalue weighted by Crippen LogP contribution is 2.19. The molecule has 0 aliphatic carbocycles. The first-order valence-corrected chi connectivity index (χ1v) is 3.94. The Hall–Kier alpha value is -1.72. The van der Waals surface area contributed by atoms with Crippen LogP contribution in [0.4, 0.5) is 13.2 Å². The molecule has 0 spiro atoms. The third kappa shape index (κ3) is 3.49. The van der Waals surface area contributed by atoms with Gasteiger partial charge in [0.15, 0.2) is 0 Å². The van der Waals surface area contributed by atoms with E-state index in [-0.39, 0.29) is 11.3 Å². The van der Waals surface area contributed by atoms with E-state index in [0.717, 1.165) is 18.2 Å². The zero-order valence-corrected chi connectivity index (χ0v) is 7.41. The van der Waals surface area contributed by atoms with Crippen molar-refractivity contribution in [3.05, 3.63) is 29.6 Å². The van der Waals surface area contributed by atoms with E-state index >= 15 is 0 Å². The summed E-state index contributed by atoms with van der Waals surface area (Å²) in [7, 11) is 0. The summed E-state index contributed by atoms with van der Waals surface area (Å²) in [5.74, 6) is -2.27. The Bertz CT molecular complexity index is 366. The molecule has 0 amide bonds. The van der Waals surface area contributed by atoms with E-state index in [1.807, 2.05) is 0 Å². The van der Waals surface area contributed by atoms with E-state index in [2.05, 4.69) is 4.74 Å². The predicted molar refractivity (Wildman–Crippen MR) is 44.4 cm³/mol. The van der Waals surface area contributed by atoms with Crippen LogP contribution in [0.1, 0.15) is 5.56 Å². The van der Waals surface area contributed by atoms with Crippen molar-refractivity contribution in [1.29, 1.82) is 0 Å². The molecule has 0 unspecified atom stereocenters. The van der Waals surface area contributed by atoms with Gasteiger partial charge in [0.2, 0.25) is 0 Å². The number of carboxylic acid groups (broad SMARTS) is 1. The van der Waals surface area contributed by atoms with E-state index in [1.165, 1.54) is 0 Å². The lowest BCUT2D eigenvalue weighted by molar-refractivity contribution is -0.136. The second-order valence-electron chi connectivity index (χ2n) is 2.70. The molecule has 1 aromatic carbocycles. The number of carbonyl (C=O) groups is 1. The van der Waals surface area contributed by atoms with Crippen LogP contribution in [0, 0.1) is 5.82 Å². The van der Waals surface area contributed by atoms with Crippen LogP contribution in [0.2, 0.25) is 0 Å². The molecule has 0 saturated carbocycles. The smallest absolute Gasteiger partial charge is 0.387 e. The zero-order valence-electron chi connectivity index (χ0n) is 7.41. The molecule has 0 aliphatic heterocycles. The van der Waals surface area contributed by atoms with Crippen molar-refractivity contribution >= 4 is 5.97 Å². The Morgan fingerprint density at radius 2 is 2.13 bits per heavy atom. The maximum Gasteiger partial charge on any atom is 0.387 e. The molecule has 15 heavy (non-hydrogen) atoms. The number of rotatable bonds is 4. The largest absolute Gasteiger partial charge is 0.481 e. The average Bonchev–Trinajstić information content (AvgIpc) is 2.09. The number of carboxylic acids is 1. The average molecular weight is 220 g/mol. The van der Waals surface area contributed by atoms with Gasteiger partial charge in [-0.2, -0.15) is 8.78 Å². The maximum atomic E-state index is 13.0. The van der Waals surface area contributed by atoms with Crippen LogP contribution in [-0.2, 0) is 11.2 Å². The number of alkyl halides is 2. The molecule has 0 radical (unpaired) electrons. The third-order valence-corrected chi connectivity index (χ3v) is 1.58. The Morgan fingerprint density at radius 3 is 2.67 bits per heavy atom. The predicted octanol–water partition coefficient (Wildman–Crippen LogP) is 2.05. The number of hydrogen-bond donors (Lipinski definition) is 1. The molecule has 0 aliphatic rings. The molecule has 1 rings (SSSR count). The van der Waals surface area contributed by atoms with Crippen molar-refractivity contribution in [2.24, 2.45) is 0 Å². The fraction of sp³-hybridized carbons (Fsp3) is 0.222. The van der Waals surface area contributed by atoms with Gasteiger partial charge in [0, 0.05) is 5.56 Å². The molecule has 1 N–H and O–H groups in total. The molecule has 0 bridgehead atoms. The van der Waals surface area contributed by atoms with E-state index in [1.54, 1.807) is 0 Å². The summed E-state index contributed by atoms with van der Waals surface area (Å²) in [6, 6.07) is 2.83. The highest BCUT2D eigenvalue weighted by Gasteiger charge is 2.10. The van der Waals surface area contributed by atoms with Gasteiger partial charge in [0.1, 0.15) is 11.6 Å². The van der Waals surface area contributed by atoms with E-state index in [0.29, 0.717) is 0 Å². The van der Waals surface area contributed by atoms with Gasteiger partial charge >= 0.3 is 12.6 Å². The molecule has 0 atom stereocenters. The van der Waals surface area contributed by atoms with E-state index in [9.17, 15) is 18.0 Å². The molecular formula is C9H7F3O3. The van der Waals surface area contributed by atoms with Crippen LogP contribution < -0.4 is 4.74 Å². The maximum absolute atomic E-state index is 13.0. The molecule has 82 valence electrons. The van der Waals surface area contributed by atoms with Gasteiger partial charge in [-0.3, -0.25) is 4.79 Å². The Kier molecular flexibility index (Phi) is 3.54. The number of ether oxygens (including phenoxy) is 1. The summed E-state index contributed by atoms with van der Waals surface area (Å²) >= 11 is 0. The van der Waals surface area contributed by atoms with Crippen molar-refractivity contribution in [2.75, 3.05) is 0 Å². The molecule has 0 saturated heterocycles. The first kappa shape index (κ1) is 11.4. The van der Waals surface area contributed by atoms with Gasteiger partial charge in [0.25, 0.3) is 0 Å². The summed E-state index contributed by atoms with van der Waals surface area (Å²) in [5, 5.41) is 8.41. The molecule has 6 heteroatoms. The van der Waals surface area contributed by atoms with Crippen molar-refractivity contribution in [3.63, 3.8) is 0 Å². The summed E-state index contributed by atoms with van der Waals surface area (Å²) < 4.78 is 40.5. The summed E-state index contributed by atoms with van der Waals surface area (Å²) in [6.45, 7) is -3.02. The fourth-order valence-corrected chi connectivity index (χ4v) is 1.03. The van der Waals surface area contributed by atoms with Gasteiger partial charge < -0.3 is 9.84 Å². The summed E-state index contributed by atoms with van der Waals surface area (Å²) in [5.41, 5.74) is -0.194. The van der Waals surface area contributed by atoms with Crippen LogP contribution in [0.3, 0.4) is 0 Å². The highest BCUT2D eigenvalue weighted by atomic mass is 19.3. The lowest BCUT2D eigenvalue weighted by atomic mass is 10.1. The topological polar surface area (TPSA) is 46.5 Å². The molecule has 3 nitrogen and oxygen atoms in total. The highest BCUT2D eigenvalue weighted by molar-refractivity contribution is 5.70. The second-order valence-corrected chi connectivity index (χ2v) is 2.70. The van der Waals surface area contributed by atoms with Crippen molar-refractivity contribution in [3.8, 4) is 5.75 Å². The molecule has 1 aromatic rings. The van der Waals surface area contributed by atoms with Crippen LogP contribution in [0.25, 0.3) is 0 Å². The summed E-state index contributed by atoms with van der Waals surface area (Å²) in [4.78, 5) is 10.3. The lowest BCUT2D eigenvalue weighted by Gasteiger charge is -2.06. The fourth-order valence-electron chi connectivity index (χ4n) is 1.03. The first-order chi connectivity index (χ1) is 6.99. The van der Waals surface area contributed by atoms with Gasteiger partial charge in [-0.25, -0.2) is 4.39 Å². The Labute approximate surface area is 83.1 Å². The third-order valence-electron chi connectivity index (χ3n) is 1.58. The summed E-state index contributed by atoms with van der Waals surface area (Å²) in [6.07, 6.45) is -0.577. The quantitative estimate of drug-likeness (QED) is 0.844. The van der Waals surface area contributed by atoms with Gasteiger partial charge in [-0.1, -0.05) is 0 Å². The minimum Gasteiger partial charge on any atom is -0.481 e. The van der Waals surface area contributed by atoms with Gasteiger partial charge in [0.05, 0.1) is 6.42 Å². The number of halogens is 3. The Morgan fingerprint density at radius 1 is 1.47 bits per heavy atom. The van der Waals surface area contributed by atoms with Crippen molar-refractivity contribution in [1.82, 2.24) is 0 Å². The van der Waals surface area contributed by atoms with Gasteiger partial charge in [-0.05, 0) is 18.2 Å². The van der Waals surface area contributed by atoms with Crippen LogP contribution in [-0.4, -0.2) is 17.7 Å². The second kappa shape index (κ2) is 4.68. The van der Waals surface area contributed by atoms with Crippen molar-refractivity contribution < 1.29 is 27.8 Å². The minimum absolute atomic E-state index is 0.194. The minimum atomic E-state index is -3.02. The SMILES string of the molecule is O=C(O)Cc1cc(OC(F)F)ccc1F. The normalized spacial score (nSPS) is 10.4. The zero-order chi connectivity index (χ0) is 11.4. The van der Waals surface area contributed by atoms with Crippen LogP contribution >= 0.6 is 0 Å². The molecule has 0 aromatic heterocycles. The number of hydrogen-bond acceptors (Lipinski definition) is 2. The molecular weight excluding hydrogens is 213 g/mol. The standard InChI is InChI=1S/C9H7F3O3/c10-7-2-1-6(15-9(11)12)3-5(7)4-8(13)14/h1-3,9H,4H2,(H,13,14). The van der Waals surface area contributed by atoms with E-state index < -0.39 is 24.8 Å². The van der Waals surface area contributed by atoms with Crippen molar-refractivity contribution in [2.45, 2.75) is 13.0 Å².